The van der Waals surface area contributed by atoms with Crippen molar-refractivity contribution >= 4 is 11.6 Å². The number of hydrogen-bond donors (Lipinski definition) is 0. The minimum absolute atomic E-state index is 0.428. The SMILES string of the molecule is CCCc1nnc(Cl)n1-c1ccc(C)c(C)c1. The van der Waals surface area contributed by atoms with Crippen LogP contribution in [-0.4, -0.2) is 14.8 Å². The molecule has 0 saturated heterocycles. The molecule has 4 heteroatoms. The van der Waals surface area contributed by atoms with Crippen molar-refractivity contribution in [2.75, 3.05) is 0 Å². The second-order valence-corrected chi connectivity index (χ2v) is 4.58. The van der Waals surface area contributed by atoms with E-state index in [-0.39, 0.29) is 0 Å². The van der Waals surface area contributed by atoms with Crippen molar-refractivity contribution in [3.05, 3.63) is 40.4 Å². The van der Waals surface area contributed by atoms with Crippen LogP contribution in [0.2, 0.25) is 5.28 Å². The van der Waals surface area contributed by atoms with E-state index in [1.165, 1.54) is 11.1 Å². The molecule has 1 heterocycles. The predicted molar refractivity (Wildman–Crippen MR) is 69.8 cm³/mol. The molecule has 0 aliphatic rings. The smallest absolute Gasteiger partial charge is 0.229 e. The number of hydrogen-bond acceptors (Lipinski definition) is 2. The van der Waals surface area contributed by atoms with E-state index >= 15 is 0 Å². The third-order valence-electron chi connectivity index (χ3n) is 2.91. The molecule has 0 N–H and O–H groups in total. The Kier molecular flexibility index (Phi) is 3.48. The highest BCUT2D eigenvalue weighted by atomic mass is 35.5. The largest absolute Gasteiger partial charge is 0.270 e. The summed E-state index contributed by atoms with van der Waals surface area (Å²) in [5.41, 5.74) is 3.55. The molecule has 17 heavy (non-hydrogen) atoms. The standard InChI is InChI=1S/C13H16ClN3/c1-4-5-12-15-16-13(14)17(12)11-7-6-9(2)10(3)8-11/h6-8H,4-5H2,1-3H3. The van der Waals surface area contributed by atoms with E-state index in [4.69, 9.17) is 11.6 Å². The van der Waals surface area contributed by atoms with Crippen LogP contribution >= 0.6 is 11.6 Å². The van der Waals surface area contributed by atoms with Crippen molar-refractivity contribution in [1.29, 1.82) is 0 Å². The summed E-state index contributed by atoms with van der Waals surface area (Å²) in [4.78, 5) is 0. The molecule has 0 radical (unpaired) electrons. The van der Waals surface area contributed by atoms with Crippen molar-refractivity contribution in [1.82, 2.24) is 14.8 Å². The van der Waals surface area contributed by atoms with Crippen LogP contribution in [0.4, 0.5) is 0 Å². The molecule has 0 atom stereocenters. The van der Waals surface area contributed by atoms with Crippen molar-refractivity contribution < 1.29 is 0 Å². The first kappa shape index (κ1) is 12.1. The third-order valence-corrected chi connectivity index (χ3v) is 3.16. The minimum Gasteiger partial charge on any atom is -0.270 e. The number of halogens is 1. The summed E-state index contributed by atoms with van der Waals surface area (Å²) in [6, 6.07) is 6.26. The second kappa shape index (κ2) is 4.88. The second-order valence-electron chi connectivity index (χ2n) is 4.24. The Morgan fingerprint density at radius 2 is 1.94 bits per heavy atom. The molecule has 0 fully saturated rings. The number of aryl methyl sites for hydroxylation is 3. The van der Waals surface area contributed by atoms with E-state index in [1.807, 2.05) is 4.57 Å². The van der Waals surface area contributed by atoms with Crippen molar-refractivity contribution in [2.24, 2.45) is 0 Å². The Hall–Kier alpha value is -1.35. The average molecular weight is 250 g/mol. The molecular weight excluding hydrogens is 234 g/mol. The Morgan fingerprint density at radius 1 is 1.18 bits per heavy atom. The quantitative estimate of drug-likeness (QED) is 0.834. The fourth-order valence-electron chi connectivity index (χ4n) is 1.80. The number of aromatic nitrogens is 3. The molecule has 90 valence electrons. The van der Waals surface area contributed by atoms with Gasteiger partial charge >= 0.3 is 0 Å². The number of benzene rings is 1. The molecule has 0 aliphatic carbocycles. The van der Waals surface area contributed by atoms with Gasteiger partial charge in [0.1, 0.15) is 5.82 Å². The van der Waals surface area contributed by atoms with Crippen molar-refractivity contribution in [2.45, 2.75) is 33.6 Å². The van der Waals surface area contributed by atoms with E-state index in [0.29, 0.717) is 5.28 Å². The average Bonchev–Trinajstić information content (AvgIpc) is 2.65. The summed E-state index contributed by atoms with van der Waals surface area (Å²) in [7, 11) is 0. The summed E-state index contributed by atoms with van der Waals surface area (Å²) >= 11 is 6.10. The molecule has 2 rings (SSSR count). The van der Waals surface area contributed by atoms with Gasteiger partial charge < -0.3 is 0 Å². The van der Waals surface area contributed by atoms with Gasteiger partial charge in [0.05, 0.1) is 5.69 Å². The van der Waals surface area contributed by atoms with E-state index in [1.54, 1.807) is 0 Å². The molecule has 1 aromatic carbocycles. The summed E-state index contributed by atoms with van der Waals surface area (Å²) in [5.74, 6) is 0.917. The Balaban J connectivity index is 2.51. The van der Waals surface area contributed by atoms with Crippen molar-refractivity contribution in [3.63, 3.8) is 0 Å². The van der Waals surface area contributed by atoms with E-state index in [9.17, 15) is 0 Å². The maximum Gasteiger partial charge on any atom is 0.229 e. The summed E-state index contributed by atoms with van der Waals surface area (Å²) in [5, 5.41) is 8.48. The fourth-order valence-corrected chi connectivity index (χ4v) is 2.03. The first-order valence-electron chi connectivity index (χ1n) is 5.81. The zero-order chi connectivity index (χ0) is 12.4. The molecule has 0 saturated carbocycles. The lowest BCUT2D eigenvalue weighted by Gasteiger charge is -2.09. The highest BCUT2D eigenvalue weighted by Crippen LogP contribution is 2.20. The van der Waals surface area contributed by atoms with Gasteiger partial charge in [-0.1, -0.05) is 13.0 Å². The van der Waals surface area contributed by atoms with Crippen molar-refractivity contribution in [3.8, 4) is 5.69 Å². The summed E-state index contributed by atoms with van der Waals surface area (Å²) in [6.07, 6.45) is 1.91. The molecule has 0 aliphatic heterocycles. The van der Waals surface area contributed by atoms with Crippen LogP contribution in [0.5, 0.6) is 0 Å². The maximum absolute atomic E-state index is 6.10. The first-order valence-corrected chi connectivity index (χ1v) is 6.18. The monoisotopic (exact) mass is 249 g/mol. The van der Waals surface area contributed by atoms with Gasteiger partial charge in [0.2, 0.25) is 5.28 Å². The zero-order valence-electron chi connectivity index (χ0n) is 10.4. The van der Waals surface area contributed by atoms with Crippen LogP contribution in [0, 0.1) is 13.8 Å². The third kappa shape index (κ3) is 2.34. The lowest BCUT2D eigenvalue weighted by atomic mass is 10.1. The van der Waals surface area contributed by atoms with Gasteiger partial charge in [0.15, 0.2) is 0 Å². The van der Waals surface area contributed by atoms with Gasteiger partial charge in [-0.15, -0.1) is 10.2 Å². The fraction of sp³-hybridized carbons (Fsp3) is 0.385. The molecule has 0 amide bonds. The normalized spacial score (nSPS) is 10.8. The molecule has 0 spiro atoms. The molecule has 0 bridgehead atoms. The minimum atomic E-state index is 0.428. The van der Waals surface area contributed by atoms with Gasteiger partial charge in [0, 0.05) is 6.42 Å². The van der Waals surface area contributed by atoms with Gasteiger partial charge in [-0.05, 0) is 55.1 Å². The highest BCUT2D eigenvalue weighted by molar-refractivity contribution is 6.28. The van der Waals surface area contributed by atoms with Crippen LogP contribution in [0.15, 0.2) is 18.2 Å². The van der Waals surface area contributed by atoms with E-state index in [2.05, 4.69) is 49.2 Å². The number of rotatable bonds is 3. The van der Waals surface area contributed by atoms with Crippen LogP contribution in [0.25, 0.3) is 5.69 Å². The van der Waals surface area contributed by atoms with Gasteiger partial charge in [-0.3, -0.25) is 4.57 Å². The van der Waals surface area contributed by atoms with Gasteiger partial charge in [-0.25, -0.2) is 0 Å². The van der Waals surface area contributed by atoms with Crippen LogP contribution < -0.4 is 0 Å². The Bertz CT molecular complexity index is 531. The first-order chi connectivity index (χ1) is 8.13. The lowest BCUT2D eigenvalue weighted by molar-refractivity contribution is 0.802. The molecular formula is C13H16ClN3. The molecule has 1 aromatic heterocycles. The number of nitrogens with zero attached hydrogens (tertiary/aromatic N) is 3. The zero-order valence-corrected chi connectivity index (χ0v) is 11.1. The van der Waals surface area contributed by atoms with E-state index in [0.717, 1.165) is 24.4 Å². The van der Waals surface area contributed by atoms with Gasteiger partial charge in [-0.2, -0.15) is 0 Å². The topological polar surface area (TPSA) is 30.7 Å². The maximum atomic E-state index is 6.10. The van der Waals surface area contributed by atoms with E-state index < -0.39 is 0 Å². The highest BCUT2D eigenvalue weighted by Gasteiger charge is 2.11. The van der Waals surface area contributed by atoms with Crippen LogP contribution in [-0.2, 0) is 6.42 Å². The molecule has 0 unspecified atom stereocenters. The lowest BCUT2D eigenvalue weighted by Crippen LogP contribution is -2.02. The molecule has 2 aromatic rings. The summed E-state index contributed by atoms with van der Waals surface area (Å²) < 4.78 is 1.91. The van der Waals surface area contributed by atoms with Crippen LogP contribution in [0.1, 0.15) is 30.3 Å². The van der Waals surface area contributed by atoms with Crippen LogP contribution in [0.3, 0.4) is 0 Å². The summed E-state index contributed by atoms with van der Waals surface area (Å²) in [6.45, 7) is 6.31. The molecule has 3 nitrogen and oxygen atoms in total. The van der Waals surface area contributed by atoms with Gasteiger partial charge in [0.25, 0.3) is 0 Å². The Morgan fingerprint density at radius 3 is 2.59 bits per heavy atom. The Labute approximate surface area is 106 Å². The predicted octanol–water partition coefficient (Wildman–Crippen LogP) is 3.49.